The molecule has 2 aromatic carbocycles. The molecule has 0 aliphatic carbocycles. The number of hydrogen-bond acceptors (Lipinski definition) is 0. The van der Waals surface area contributed by atoms with Gasteiger partial charge in [-0.2, -0.15) is 0 Å². The van der Waals surface area contributed by atoms with Crippen molar-refractivity contribution in [2.24, 2.45) is 5.92 Å². The van der Waals surface area contributed by atoms with E-state index >= 15 is 0 Å². The molecule has 134 valence electrons. The van der Waals surface area contributed by atoms with Gasteiger partial charge in [-0.3, -0.25) is 0 Å². The first-order chi connectivity index (χ1) is 12.0. The fourth-order valence-electron chi connectivity index (χ4n) is 3.14. The second-order valence-corrected chi connectivity index (χ2v) is 6.40. The summed E-state index contributed by atoms with van der Waals surface area (Å²) in [6, 6.07) is 15.5. The van der Waals surface area contributed by atoms with Crippen LogP contribution in [0.3, 0.4) is 0 Å². The molecule has 0 aliphatic rings. The third kappa shape index (κ3) is 6.05. The van der Waals surface area contributed by atoms with E-state index in [1.807, 2.05) is 13.8 Å². The molecule has 2 aromatic rings. The van der Waals surface area contributed by atoms with E-state index in [0.29, 0.717) is 5.92 Å². The van der Waals surface area contributed by atoms with E-state index in [4.69, 9.17) is 0 Å². The van der Waals surface area contributed by atoms with Crippen molar-refractivity contribution < 1.29 is 0 Å². The molecule has 0 heterocycles. The van der Waals surface area contributed by atoms with Crippen molar-refractivity contribution in [3.05, 3.63) is 82.9 Å². The Morgan fingerprint density at radius 3 is 2.40 bits per heavy atom. The second kappa shape index (κ2) is 10.7. The van der Waals surface area contributed by atoms with Crippen LogP contribution in [0.25, 0.3) is 11.6 Å². The maximum absolute atomic E-state index is 4.45. The van der Waals surface area contributed by atoms with Crippen LogP contribution < -0.4 is 0 Å². The summed E-state index contributed by atoms with van der Waals surface area (Å²) >= 11 is 0. The Balaban J connectivity index is 0.00000151. The topological polar surface area (TPSA) is 0 Å². The van der Waals surface area contributed by atoms with Crippen LogP contribution in [-0.4, -0.2) is 0 Å². The van der Waals surface area contributed by atoms with E-state index in [1.54, 1.807) is 0 Å². The van der Waals surface area contributed by atoms with Gasteiger partial charge in [0.15, 0.2) is 0 Å². The summed E-state index contributed by atoms with van der Waals surface area (Å²) < 4.78 is 0. The summed E-state index contributed by atoms with van der Waals surface area (Å²) in [5.74, 6) is 0.483. The standard InChI is InChI=1S/C23H28.C2H6/c1-6-9-20-13-12-18(4)23(16-20)19(5)22(7-2)15-21-11-8-10-17(3)14-21;1-2/h6,8-14,16,22H,5,7,15H2,1-4H3;1-2H3/b9-6+;. The largest absolute Gasteiger partial charge is 0.0949 e. The van der Waals surface area contributed by atoms with Gasteiger partial charge in [-0.15, -0.1) is 0 Å². The predicted octanol–water partition coefficient (Wildman–Crippen LogP) is 7.64. The van der Waals surface area contributed by atoms with Gasteiger partial charge < -0.3 is 0 Å². The van der Waals surface area contributed by atoms with E-state index < -0.39 is 0 Å². The average molecular weight is 335 g/mol. The van der Waals surface area contributed by atoms with Gasteiger partial charge in [0.05, 0.1) is 0 Å². The molecule has 0 saturated carbocycles. The molecule has 0 amide bonds. The minimum absolute atomic E-state index is 0.483. The van der Waals surface area contributed by atoms with Crippen molar-refractivity contribution in [1.82, 2.24) is 0 Å². The lowest BCUT2D eigenvalue weighted by Gasteiger charge is -2.20. The molecule has 1 unspecified atom stereocenters. The third-order valence-electron chi connectivity index (χ3n) is 4.52. The van der Waals surface area contributed by atoms with Gasteiger partial charge in [0.1, 0.15) is 0 Å². The molecule has 0 aromatic heterocycles. The molecular weight excluding hydrogens is 300 g/mol. The first-order valence-corrected chi connectivity index (χ1v) is 9.53. The first-order valence-electron chi connectivity index (χ1n) is 9.53. The quantitative estimate of drug-likeness (QED) is 0.509. The maximum Gasteiger partial charge on any atom is -0.0124 e. The second-order valence-electron chi connectivity index (χ2n) is 6.40. The van der Waals surface area contributed by atoms with Gasteiger partial charge in [-0.1, -0.05) is 81.5 Å². The zero-order valence-corrected chi connectivity index (χ0v) is 16.9. The normalized spacial score (nSPS) is 11.8. The van der Waals surface area contributed by atoms with E-state index in [-0.39, 0.29) is 0 Å². The third-order valence-corrected chi connectivity index (χ3v) is 4.52. The van der Waals surface area contributed by atoms with Crippen molar-refractivity contribution in [2.45, 2.75) is 54.4 Å². The van der Waals surface area contributed by atoms with E-state index in [0.717, 1.165) is 12.8 Å². The molecule has 0 spiro atoms. The van der Waals surface area contributed by atoms with Crippen LogP contribution in [0.1, 0.15) is 61.9 Å². The zero-order valence-electron chi connectivity index (χ0n) is 16.9. The molecule has 0 bridgehead atoms. The Bertz CT molecular complexity index is 704. The Labute approximate surface area is 155 Å². The SMILES string of the molecule is C=C(c1cc(/C=C/C)ccc1C)C(CC)Cc1cccc(C)c1.CC. The highest BCUT2D eigenvalue weighted by atomic mass is 14.2. The molecule has 0 radical (unpaired) electrons. The number of aryl methyl sites for hydroxylation is 2. The highest BCUT2D eigenvalue weighted by molar-refractivity contribution is 5.71. The highest BCUT2D eigenvalue weighted by Crippen LogP contribution is 2.30. The fourth-order valence-corrected chi connectivity index (χ4v) is 3.14. The van der Waals surface area contributed by atoms with Gasteiger partial charge >= 0.3 is 0 Å². The van der Waals surface area contributed by atoms with Gasteiger partial charge in [-0.25, -0.2) is 0 Å². The van der Waals surface area contributed by atoms with Crippen molar-refractivity contribution in [3.8, 4) is 0 Å². The lowest BCUT2D eigenvalue weighted by atomic mass is 9.84. The smallest absolute Gasteiger partial charge is 0.0124 e. The summed E-state index contributed by atoms with van der Waals surface area (Å²) in [5.41, 5.74) is 7.86. The van der Waals surface area contributed by atoms with Crippen molar-refractivity contribution in [1.29, 1.82) is 0 Å². The summed E-state index contributed by atoms with van der Waals surface area (Å²) in [5, 5.41) is 0. The minimum Gasteiger partial charge on any atom is -0.0949 e. The van der Waals surface area contributed by atoms with Gasteiger partial charge in [0, 0.05) is 0 Å². The van der Waals surface area contributed by atoms with Crippen LogP contribution in [-0.2, 0) is 6.42 Å². The van der Waals surface area contributed by atoms with Crippen LogP contribution in [0.4, 0.5) is 0 Å². The van der Waals surface area contributed by atoms with Gasteiger partial charge in [-0.05, 0) is 73.4 Å². The van der Waals surface area contributed by atoms with Gasteiger partial charge in [0.2, 0.25) is 0 Å². The molecule has 25 heavy (non-hydrogen) atoms. The molecule has 2 rings (SSSR count). The molecule has 0 nitrogen and oxygen atoms in total. The van der Waals surface area contributed by atoms with Crippen LogP contribution in [0.2, 0.25) is 0 Å². The lowest BCUT2D eigenvalue weighted by Crippen LogP contribution is -2.07. The fraction of sp³-hybridized carbons (Fsp3) is 0.360. The molecule has 0 N–H and O–H groups in total. The van der Waals surface area contributed by atoms with Gasteiger partial charge in [0.25, 0.3) is 0 Å². The number of allylic oxidation sites excluding steroid dienone is 2. The number of hydrogen-bond donors (Lipinski definition) is 0. The minimum atomic E-state index is 0.483. The summed E-state index contributed by atoms with van der Waals surface area (Å²) in [7, 11) is 0. The molecule has 0 aliphatic heterocycles. The monoisotopic (exact) mass is 334 g/mol. The Morgan fingerprint density at radius 1 is 1.08 bits per heavy atom. The summed E-state index contributed by atoms with van der Waals surface area (Å²) in [6.07, 6.45) is 6.41. The van der Waals surface area contributed by atoms with Crippen LogP contribution >= 0.6 is 0 Å². The molecular formula is C25H34. The van der Waals surface area contributed by atoms with E-state index in [1.165, 1.54) is 33.4 Å². The number of benzene rings is 2. The Morgan fingerprint density at radius 2 is 1.80 bits per heavy atom. The molecule has 0 saturated heterocycles. The van der Waals surface area contributed by atoms with Crippen LogP contribution in [0.5, 0.6) is 0 Å². The van der Waals surface area contributed by atoms with Crippen molar-refractivity contribution >= 4 is 11.6 Å². The zero-order chi connectivity index (χ0) is 18.8. The molecule has 0 heteroatoms. The lowest BCUT2D eigenvalue weighted by molar-refractivity contribution is 0.643. The number of rotatable bonds is 6. The summed E-state index contributed by atoms with van der Waals surface area (Å²) in [6.45, 7) is 17.1. The van der Waals surface area contributed by atoms with Crippen LogP contribution in [0.15, 0.2) is 55.1 Å². The maximum atomic E-state index is 4.45. The predicted molar refractivity (Wildman–Crippen MR) is 115 cm³/mol. The van der Waals surface area contributed by atoms with Crippen LogP contribution in [0, 0.1) is 19.8 Å². The van der Waals surface area contributed by atoms with Crippen molar-refractivity contribution in [3.63, 3.8) is 0 Å². The summed E-state index contributed by atoms with van der Waals surface area (Å²) in [4.78, 5) is 0. The van der Waals surface area contributed by atoms with E-state index in [9.17, 15) is 0 Å². The first kappa shape index (κ1) is 21.0. The van der Waals surface area contributed by atoms with Crippen molar-refractivity contribution in [2.75, 3.05) is 0 Å². The average Bonchev–Trinajstić information content (AvgIpc) is 2.63. The Kier molecular flexibility index (Phi) is 8.99. The highest BCUT2D eigenvalue weighted by Gasteiger charge is 2.15. The molecule has 0 fully saturated rings. The molecule has 1 atom stereocenters. The Hall–Kier alpha value is -2.08. The van der Waals surface area contributed by atoms with E-state index in [2.05, 4.69) is 88.9 Å².